The first kappa shape index (κ1) is 26.2. The number of piperidine rings is 1. The second-order valence-corrected chi connectivity index (χ2v) is 10.5. The maximum atomic E-state index is 12.8. The van der Waals surface area contributed by atoms with Gasteiger partial charge >= 0.3 is 12.1 Å². The minimum atomic E-state index is -4.32. The SMILES string of the molecule is CC(C)(C)OC(=O)C(C)(C)N1CCC(NCc2ccc(-c3ccc(C(F)(F)F)cc3)cc2)CC1. The van der Waals surface area contributed by atoms with E-state index in [2.05, 4.69) is 10.2 Å². The van der Waals surface area contributed by atoms with Crippen LogP contribution < -0.4 is 5.32 Å². The molecule has 0 radical (unpaired) electrons. The number of benzene rings is 2. The van der Waals surface area contributed by atoms with Crippen LogP contribution >= 0.6 is 0 Å². The quantitative estimate of drug-likeness (QED) is 0.516. The van der Waals surface area contributed by atoms with E-state index in [-0.39, 0.29) is 5.97 Å². The first-order valence-corrected chi connectivity index (χ1v) is 11.7. The van der Waals surface area contributed by atoms with Gasteiger partial charge in [0.25, 0.3) is 0 Å². The van der Waals surface area contributed by atoms with Gasteiger partial charge in [-0.25, -0.2) is 0 Å². The summed E-state index contributed by atoms with van der Waals surface area (Å²) in [4.78, 5) is 14.8. The lowest BCUT2D eigenvalue weighted by molar-refractivity contribution is -0.168. The van der Waals surface area contributed by atoms with Crippen molar-refractivity contribution in [3.8, 4) is 11.1 Å². The third kappa shape index (κ3) is 6.83. The Balaban J connectivity index is 1.49. The van der Waals surface area contributed by atoms with Crippen molar-refractivity contribution >= 4 is 5.97 Å². The summed E-state index contributed by atoms with van der Waals surface area (Å²) in [7, 11) is 0. The minimum Gasteiger partial charge on any atom is -0.459 e. The Kier molecular flexibility index (Phi) is 7.78. The van der Waals surface area contributed by atoms with Gasteiger partial charge in [-0.1, -0.05) is 36.4 Å². The molecular weight excluding hydrogens is 441 g/mol. The van der Waals surface area contributed by atoms with Crippen LogP contribution in [0.2, 0.25) is 0 Å². The lowest BCUT2D eigenvalue weighted by Crippen LogP contribution is -2.56. The highest BCUT2D eigenvalue weighted by Crippen LogP contribution is 2.31. The molecule has 34 heavy (non-hydrogen) atoms. The lowest BCUT2D eigenvalue weighted by Gasteiger charge is -2.42. The highest BCUT2D eigenvalue weighted by Gasteiger charge is 2.39. The molecule has 0 saturated carbocycles. The fourth-order valence-corrected chi connectivity index (χ4v) is 4.10. The number of nitrogens with one attached hydrogen (secondary N) is 1. The van der Waals surface area contributed by atoms with Gasteiger partial charge in [0.1, 0.15) is 11.1 Å². The van der Waals surface area contributed by atoms with Gasteiger partial charge in [0.2, 0.25) is 0 Å². The monoisotopic (exact) mass is 476 g/mol. The molecule has 2 aromatic carbocycles. The van der Waals surface area contributed by atoms with Crippen LogP contribution in [0.5, 0.6) is 0 Å². The smallest absolute Gasteiger partial charge is 0.416 e. The summed E-state index contributed by atoms with van der Waals surface area (Å²) < 4.78 is 43.9. The molecule has 7 heteroatoms. The zero-order valence-corrected chi connectivity index (χ0v) is 20.6. The average Bonchev–Trinajstić information content (AvgIpc) is 2.77. The normalized spacial score (nSPS) is 16.5. The summed E-state index contributed by atoms with van der Waals surface area (Å²) in [5, 5.41) is 3.59. The van der Waals surface area contributed by atoms with E-state index in [9.17, 15) is 18.0 Å². The molecule has 0 bridgehead atoms. The summed E-state index contributed by atoms with van der Waals surface area (Å²) in [6.07, 6.45) is -2.44. The van der Waals surface area contributed by atoms with E-state index in [4.69, 9.17) is 4.74 Å². The summed E-state index contributed by atoms with van der Waals surface area (Å²) in [6, 6.07) is 13.5. The minimum absolute atomic E-state index is 0.195. The van der Waals surface area contributed by atoms with Gasteiger partial charge in [-0.3, -0.25) is 9.69 Å². The van der Waals surface area contributed by atoms with Crippen molar-refractivity contribution in [1.29, 1.82) is 0 Å². The zero-order valence-electron chi connectivity index (χ0n) is 20.6. The summed E-state index contributed by atoms with van der Waals surface area (Å²) in [5.74, 6) is -0.195. The van der Waals surface area contributed by atoms with E-state index < -0.39 is 22.9 Å². The van der Waals surface area contributed by atoms with Gasteiger partial charge in [-0.2, -0.15) is 13.2 Å². The number of ether oxygens (including phenoxy) is 1. The molecule has 1 aliphatic heterocycles. The van der Waals surface area contributed by atoms with Crippen LogP contribution in [0, 0.1) is 0 Å². The van der Waals surface area contributed by atoms with Crippen molar-refractivity contribution in [2.45, 2.75) is 77.4 Å². The Morgan fingerprint density at radius 2 is 1.41 bits per heavy atom. The molecular formula is C27H35F3N2O2. The molecule has 4 nitrogen and oxygen atoms in total. The number of rotatable bonds is 6. The Hall–Kier alpha value is -2.38. The number of likely N-dealkylation sites (tertiary alicyclic amines) is 1. The predicted octanol–water partition coefficient (Wildman–Crippen LogP) is 6.05. The van der Waals surface area contributed by atoms with Crippen molar-refractivity contribution < 1.29 is 22.7 Å². The van der Waals surface area contributed by atoms with Gasteiger partial charge in [0, 0.05) is 25.7 Å². The van der Waals surface area contributed by atoms with Crippen molar-refractivity contribution in [3.05, 3.63) is 59.7 Å². The molecule has 1 saturated heterocycles. The van der Waals surface area contributed by atoms with Crippen molar-refractivity contribution in [2.24, 2.45) is 0 Å². The fraction of sp³-hybridized carbons (Fsp3) is 0.519. The molecule has 1 aliphatic rings. The molecule has 0 aliphatic carbocycles. The topological polar surface area (TPSA) is 41.6 Å². The Bertz CT molecular complexity index is 953. The van der Waals surface area contributed by atoms with E-state index in [0.717, 1.165) is 54.8 Å². The summed E-state index contributed by atoms with van der Waals surface area (Å²) in [5.41, 5.74) is 0.954. The number of hydrogen-bond donors (Lipinski definition) is 1. The molecule has 186 valence electrons. The second-order valence-electron chi connectivity index (χ2n) is 10.5. The summed E-state index contributed by atoms with van der Waals surface area (Å²) in [6.45, 7) is 11.8. The maximum Gasteiger partial charge on any atom is 0.416 e. The van der Waals surface area contributed by atoms with Gasteiger partial charge in [0.15, 0.2) is 0 Å². The highest BCUT2D eigenvalue weighted by molar-refractivity contribution is 5.80. The molecule has 1 heterocycles. The van der Waals surface area contributed by atoms with Crippen LogP contribution in [0.4, 0.5) is 13.2 Å². The molecule has 3 rings (SSSR count). The molecule has 0 spiro atoms. The van der Waals surface area contributed by atoms with E-state index in [0.29, 0.717) is 12.6 Å². The van der Waals surface area contributed by atoms with Crippen molar-refractivity contribution in [1.82, 2.24) is 10.2 Å². The van der Waals surface area contributed by atoms with E-state index in [1.165, 1.54) is 12.1 Å². The van der Waals surface area contributed by atoms with Gasteiger partial charge in [-0.05, 0) is 76.3 Å². The standard InChI is InChI=1S/C27H35F3N2O2/c1-25(2,3)34-24(33)26(4,5)32-16-14-23(15-17-32)31-18-19-6-8-20(9-7-19)21-10-12-22(13-11-21)27(28,29)30/h6-13,23,31H,14-18H2,1-5H3. The van der Waals surface area contributed by atoms with Crippen LogP contribution in [-0.4, -0.2) is 41.1 Å². The molecule has 1 N–H and O–H groups in total. The first-order chi connectivity index (χ1) is 15.8. The van der Waals surface area contributed by atoms with Crippen LogP contribution in [0.1, 0.15) is 58.6 Å². The van der Waals surface area contributed by atoms with Crippen molar-refractivity contribution in [2.75, 3.05) is 13.1 Å². The zero-order chi connectivity index (χ0) is 25.1. The van der Waals surface area contributed by atoms with Crippen molar-refractivity contribution in [3.63, 3.8) is 0 Å². The van der Waals surface area contributed by atoms with Gasteiger partial charge in [-0.15, -0.1) is 0 Å². The van der Waals surface area contributed by atoms with Gasteiger partial charge < -0.3 is 10.1 Å². The largest absolute Gasteiger partial charge is 0.459 e. The number of carbonyl (C=O) groups is 1. The second kappa shape index (κ2) is 10.1. The van der Waals surface area contributed by atoms with Crippen LogP contribution in [-0.2, 0) is 22.3 Å². The van der Waals surface area contributed by atoms with E-state index >= 15 is 0 Å². The fourth-order valence-electron chi connectivity index (χ4n) is 4.10. The third-order valence-electron chi connectivity index (χ3n) is 6.28. The number of esters is 1. The Morgan fingerprint density at radius 1 is 0.912 bits per heavy atom. The molecule has 2 aromatic rings. The summed E-state index contributed by atoms with van der Waals surface area (Å²) >= 11 is 0. The third-order valence-corrected chi connectivity index (χ3v) is 6.28. The Labute approximate surface area is 200 Å². The number of nitrogens with zero attached hydrogens (tertiary/aromatic N) is 1. The van der Waals surface area contributed by atoms with E-state index in [1.807, 2.05) is 58.9 Å². The number of carbonyl (C=O) groups excluding carboxylic acids is 1. The molecule has 0 atom stereocenters. The molecule has 0 amide bonds. The number of halogens is 3. The van der Waals surface area contributed by atoms with Crippen LogP contribution in [0.3, 0.4) is 0 Å². The lowest BCUT2D eigenvalue weighted by atomic mass is 9.96. The molecule has 0 unspecified atom stereocenters. The maximum absolute atomic E-state index is 12.8. The highest BCUT2D eigenvalue weighted by atomic mass is 19.4. The average molecular weight is 477 g/mol. The number of hydrogen-bond acceptors (Lipinski definition) is 4. The van der Waals surface area contributed by atoms with Crippen LogP contribution in [0.25, 0.3) is 11.1 Å². The molecule has 1 fully saturated rings. The van der Waals surface area contributed by atoms with E-state index in [1.54, 1.807) is 0 Å². The van der Waals surface area contributed by atoms with Gasteiger partial charge in [0.05, 0.1) is 5.56 Å². The number of alkyl halides is 3. The predicted molar refractivity (Wildman–Crippen MR) is 128 cm³/mol. The van der Waals surface area contributed by atoms with Crippen LogP contribution in [0.15, 0.2) is 48.5 Å². The first-order valence-electron chi connectivity index (χ1n) is 11.7. The Morgan fingerprint density at radius 3 is 1.88 bits per heavy atom. The molecule has 0 aromatic heterocycles.